The van der Waals surface area contributed by atoms with E-state index in [-0.39, 0.29) is 29.8 Å². The van der Waals surface area contributed by atoms with Crippen molar-refractivity contribution in [2.75, 3.05) is 27.2 Å². The molecular weight excluding hydrogens is 444 g/mol. The zero-order valence-electron chi connectivity index (χ0n) is 15.5. The highest BCUT2D eigenvalue weighted by Gasteiger charge is 2.04. The van der Waals surface area contributed by atoms with E-state index in [1.165, 1.54) is 23.3 Å². The minimum atomic E-state index is -0.208. The summed E-state index contributed by atoms with van der Waals surface area (Å²) in [5.74, 6) is 1.46. The van der Waals surface area contributed by atoms with Gasteiger partial charge in [0.2, 0.25) is 0 Å². The highest BCUT2D eigenvalue weighted by atomic mass is 127. The van der Waals surface area contributed by atoms with Crippen LogP contribution in [-0.4, -0.2) is 33.2 Å². The summed E-state index contributed by atoms with van der Waals surface area (Å²) in [7, 11) is 3.44. The molecule has 6 heteroatoms. The van der Waals surface area contributed by atoms with Gasteiger partial charge in [0.1, 0.15) is 11.6 Å². The Hall–Kier alpha value is -1.83. The van der Waals surface area contributed by atoms with Gasteiger partial charge in [0.05, 0.1) is 7.11 Å². The standard InChI is InChI=1S/C20H26FN3O.HI/c1-15-4-9-19(25-3)17(14-15)11-13-24-20(22-2)23-12-10-16-5-7-18(21)8-6-16;/h4-9,14H,10-13H2,1-3H3,(H2,22,23,24);1H. The van der Waals surface area contributed by atoms with Crippen molar-refractivity contribution in [2.45, 2.75) is 19.8 Å². The fraction of sp³-hybridized carbons (Fsp3) is 0.350. The SMILES string of the molecule is CN=C(NCCc1ccc(F)cc1)NCCc1cc(C)ccc1OC.I. The molecule has 0 aliphatic carbocycles. The topological polar surface area (TPSA) is 45.7 Å². The number of hydrogen-bond donors (Lipinski definition) is 2. The number of rotatable bonds is 7. The third-order valence-electron chi connectivity index (χ3n) is 3.97. The van der Waals surface area contributed by atoms with Crippen LogP contribution < -0.4 is 15.4 Å². The van der Waals surface area contributed by atoms with Crippen LogP contribution in [0.25, 0.3) is 0 Å². The number of ether oxygens (including phenoxy) is 1. The molecule has 2 aromatic carbocycles. The van der Waals surface area contributed by atoms with E-state index in [0.29, 0.717) is 0 Å². The number of methoxy groups -OCH3 is 1. The van der Waals surface area contributed by atoms with E-state index in [1.807, 2.05) is 12.1 Å². The van der Waals surface area contributed by atoms with Gasteiger partial charge in [-0.05, 0) is 49.1 Å². The second-order valence-corrected chi connectivity index (χ2v) is 5.87. The predicted octanol–water partition coefficient (Wildman–Crippen LogP) is 3.71. The molecule has 0 radical (unpaired) electrons. The van der Waals surface area contributed by atoms with Gasteiger partial charge in [-0.1, -0.05) is 29.8 Å². The van der Waals surface area contributed by atoms with E-state index in [0.717, 1.165) is 43.2 Å². The summed E-state index contributed by atoms with van der Waals surface area (Å²) in [5.41, 5.74) is 3.49. The van der Waals surface area contributed by atoms with Crippen LogP contribution in [0.15, 0.2) is 47.5 Å². The monoisotopic (exact) mass is 471 g/mol. The number of aryl methyl sites for hydroxylation is 1. The van der Waals surface area contributed by atoms with E-state index in [1.54, 1.807) is 26.3 Å². The van der Waals surface area contributed by atoms with Crippen LogP contribution in [0.3, 0.4) is 0 Å². The van der Waals surface area contributed by atoms with Crippen molar-refractivity contribution in [3.8, 4) is 5.75 Å². The molecule has 2 N–H and O–H groups in total. The van der Waals surface area contributed by atoms with Gasteiger partial charge in [0.15, 0.2) is 5.96 Å². The molecule has 2 aromatic rings. The van der Waals surface area contributed by atoms with E-state index in [2.05, 4.69) is 28.6 Å². The Morgan fingerprint density at radius 2 is 1.69 bits per heavy atom. The molecule has 0 bridgehead atoms. The molecule has 0 saturated carbocycles. The van der Waals surface area contributed by atoms with E-state index in [4.69, 9.17) is 4.74 Å². The lowest BCUT2D eigenvalue weighted by Gasteiger charge is -2.13. The number of aliphatic imine (C=N–C) groups is 1. The molecule has 0 amide bonds. The maximum atomic E-state index is 12.9. The van der Waals surface area contributed by atoms with Gasteiger partial charge in [-0.2, -0.15) is 0 Å². The molecule has 4 nitrogen and oxygen atoms in total. The number of benzene rings is 2. The molecule has 0 aliphatic rings. The number of nitrogens with one attached hydrogen (secondary N) is 2. The second-order valence-electron chi connectivity index (χ2n) is 5.87. The summed E-state index contributed by atoms with van der Waals surface area (Å²) in [6.45, 7) is 3.57. The van der Waals surface area contributed by atoms with Crippen LogP contribution in [0, 0.1) is 12.7 Å². The van der Waals surface area contributed by atoms with Gasteiger partial charge < -0.3 is 15.4 Å². The molecule has 0 aromatic heterocycles. The molecule has 0 heterocycles. The summed E-state index contributed by atoms with van der Waals surface area (Å²) in [4.78, 5) is 4.23. The Bertz CT molecular complexity index is 705. The van der Waals surface area contributed by atoms with Gasteiger partial charge in [0.25, 0.3) is 0 Å². The molecule has 2 rings (SSSR count). The third-order valence-corrected chi connectivity index (χ3v) is 3.97. The van der Waals surface area contributed by atoms with Crippen LogP contribution in [0.2, 0.25) is 0 Å². The van der Waals surface area contributed by atoms with Gasteiger partial charge in [-0.15, -0.1) is 24.0 Å². The smallest absolute Gasteiger partial charge is 0.190 e. The van der Waals surface area contributed by atoms with E-state index < -0.39 is 0 Å². The Morgan fingerprint density at radius 1 is 1.04 bits per heavy atom. The fourth-order valence-corrected chi connectivity index (χ4v) is 2.62. The largest absolute Gasteiger partial charge is 0.496 e. The lowest BCUT2D eigenvalue weighted by molar-refractivity contribution is 0.409. The van der Waals surface area contributed by atoms with Crippen molar-refractivity contribution >= 4 is 29.9 Å². The Kier molecular flexibility index (Phi) is 10.0. The minimum absolute atomic E-state index is 0. The first-order valence-electron chi connectivity index (χ1n) is 8.45. The molecule has 142 valence electrons. The Morgan fingerprint density at radius 3 is 2.31 bits per heavy atom. The first kappa shape index (κ1) is 22.2. The van der Waals surface area contributed by atoms with Crippen molar-refractivity contribution in [3.63, 3.8) is 0 Å². The first-order valence-corrected chi connectivity index (χ1v) is 8.45. The zero-order valence-corrected chi connectivity index (χ0v) is 17.8. The van der Waals surface area contributed by atoms with Crippen molar-refractivity contribution in [1.29, 1.82) is 0 Å². The van der Waals surface area contributed by atoms with Gasteiger partial charge in [-0.25, -0.2) is 4.39 Å². The molecular formula is C20H27FIN3O. The van der Waals surface area contributed by atoms with E-state index in [9.17, 15) is 4.39 Å². The van der Waals surface area contributed by atoms with Gasteiger partial charge >= 0.3 is 0 Å². The molecule has 0 aliphatic heterocycles. The lowest BCUT2D eigenvalue weighted by Crippen LogP contribution is -2.39. The van der Waals surface area contributed by atoms with Gasteiger partial charge in [0, 0.05) is 20.1 Å². The van der Waals surface area contributed by atoms with Crippen LogP contribution in [0.4, 0.5) is 4.39 Å². The quantitative estimate of drug-likeness (QED) is 0.368. The Labute approximate surface area is 172 Å². The third kappa shape index (κ3) is 7.19. The fourth-order valence-electron chi connectivity index (χ4n) is 2.62. The number of nitrogens with zero attached hydrogens (tertiary/aromatic N) is 1. The average molecular weight is 471 g/mol. The number of guanidine groups is 1. The van der Waals surface area contributed by atoms with E-state index >= 15 is 0 Å². The van der Waals surface area contributed by atoms with Crippen molar-refractivity contribution in [1.82, 2.24) is 10.6 Å². The van der Waals surface area contributed by atoms with Gasteiger partial charge in [-0.3, -0.25) is 4.99 Å². The molecule has 0 spiro atoms. The number of hydrogen-bond acceptors (Lipinski definition) is 2. The zero-order chi connectivity index (χ0) is 18.1. The second kappa shape index (κ2) is 11.7. The molecule has 26 heavy (non-hydrogen) atoms. The lowest BCUT2D eigenvalue weighted by atomic mass is 10.1. The maximum Gasteiger partial charge on any atom is 0.190 e. The predicted molar refractivity (Wildman–Crippen MR) is 116 cm³/mol. The van der Waals surface area contributed by atoms with Crippen LogP contribution in [0.5, 0.6) is 5.75 Å². The van der Waals surface area contributed by atoms with Crippen LogP contribution >= 0.6 is 24.0 Å². The molecule has 0 unspecified atom stereocenters. The molecule has 0 fully saturated rings. The molecule has 0 saturated heterocycles. The van der Waals surface area contributed by atoms with Crippen LogP contribution in [-0.2, 0) is 12.8 Å². The summed E-state index contributed by atoms with van der Waals surface area (Å²) >= 11 is 0. The first-order chi connectivity index (χ1) is 12.1. The summed E-state index contributed by atoms with van der Waals surface area (Å²) < 4.78 is 18.3. The van der Waals surface area contributed by atoms with Crippen molar-refractivity contribution in [2.24, 2.45) is 4.99 Å². The van der Waals surface area contributed by atoms with Crippen molar-refractivity contribution < 1.29 is 9.13 Å². The number of halogens is 2. The highest BCUT2D eigenvalue weighted by molar-refractivity contribution is 14.0. The Balaban J connectivity index is 0.00000338. The summed E-state index contributed by atoms with van der Waals surface area (Å²) in [6, 6.07) is 12.8. The minimum Gasteiger partial charge on any atom is -0.496 e. The summed E-state index contributed by atoms with van der Waals surface area (Å²) in [6.07, 6.45) is 1.66. The van der Waals surface area contributed by atoms with Crippen LogP contribution in [0.1, 0.15) is 16.7 Å². The average Bonchev–Trinajstić information content (AvgIpc) is 2.62. The van der Waals surface area contributed by atoms with Crippen molar-refractivity contribution in [3.05, 3.63) is 65.0 Å². The highest BCUT2D eigenvalue weighted by Crippen LogP contribution is 2.19. The maximum absolute atomic E-state index is 12.9. The summed E-state index contributed by atoms with van der Waals surface area (Å²) in [5, 5.41) is 6.58. The molecule has 0 atom stereocenters. The normalized spacial score (nSPS) is 10.8.